The van der Waals surface area contributed by atoms with Crippen molar-refractivity contribution in [3.8, 4) is 0 Å². The number of aromatic nitrogens is 1. The third-order valence-corrected chi connectivity index (χ3v) is 5.33. The minimum Gasteiger partial charge on any atom is -0.466 e. The first kappa shape index (κ1) is 15.7. The van der Waals surface area contributed by atoms with Gasteiger partial charge in [-0.2, -0.15) is 4.31 Å². The van der Waals surface area contributed by atoms with Crippen LogP contribution in [0.5, 0.6) is 0 Å². The number of rotatable bonds is 4. The van der Waals surface area contributed by atoms with E-state index in [2.05, 4.69) is 4.98 Å². The number of carbonyl (C=O) groups is 1. The molecule has 1 saturated heterocycles. The fourth-order valence-electron chi connectivity index (χ4n) is 2.37. The van der Waals surface area contributed by atoms with Gasteiger partial charge in [0.2, 0.25) is 10.0 Å². The Labute approximate surface area is 124 Å². The maximum atomic E-state index is 12.6. The predicted molar refractivity (Wildman–Crippen MR) is 76.8 cm³/mol. The van der Waals surface area contributed by atoms with Crippen molar-refractivity contribution in [2.24, 2.45) is 5.92 Å². The molecular weight excluding hydrogens is 294 g/mol. The molecule has 0 amide bonds. The Morgan fingerprint density at radius 2 is 2.33 bits per heavy atom. The highest BCUT2D eigenvalue weighted by Crippen LogP contribution is 2.26. The van der Waals surface area contributed by atoms with Crippen LogP contribution in [0.15, 0.2) is 23.2 Å². The summed E-state index contributed by atoms with van der Waals surface area (Å²) in [6, 6.07) is 2.95. The third-order valence-electron chi connectivity index (χ3n) is 3.42. The lowest BCUT2D eigenvalue weighted by Crippen LogP contribution is -2.43. The average molecular weight is 313 g/mol. The minimum atomic E-state index is -3.74. The Bertz CT molecular complexity index is 618. The lowest BCUT2D eigenvalue weighted by Gasteiger charge is -2.30. The van der Waals surface area contributed by atoms with Gasteiger partial charge < -0.3 is 10.5 Å². The van der Waals surface area contributed by atoms with E-state index < -0.39 is 15.9 Å². The molecule has 1 aliphatic rings. The van der Waals surface area contributed by atoms with Crippen LogP contribution in [0.4, 0.5) is 5.82 Å². The Hall–Kier alpha value is -1.67. The second-order valence-corrected chi connectivity index (χ2v) is 6.75. The maximum Gasteiger partial charge on any atom is 0.310 e. The first-order valence-electron chi connectivity index (χ1n) is 6.84. The summed E-state index contributed by atoms with van der Waals surface area (Å²) in [4.78, 5) is 15.6. The SMILES string of the molecule is CCOC(=O)C1CCCN(S(=O)(=O)c2cccnc2N)C1. The van der Waals surface area contributed by atoms with Crippen molar-refractivity contribution in [2.75, 3.05) is 25.4 Å². The molecule has 0 radical (unpaired) electrons. The first-order valence-corrected chi connectivity index (χ1v) is 8.28. The van der Waals surface area contributed by atoms with Crippen molar-refractivity contribution < 1.29 is 17.9 Å². The topological polar surface area (TPSA) is 103 Å². The van der Waals surface area contributed by atoms with E-state index in [4.69, 9.17) is 10.5 Å². The van der Waals surface area contributed by atoms with Gasteiger partial charge in [-0.1, -0.05) is 0 Å². The number of sulfonamides is 1. The standard InChI is InChI=1S/C13H19N3O4S/c1-2-20-13(17)10-5-4-8-16(9-10)21(18,19)11-6-3-7-15-12(11)14/h3,6-7,10H,2,4-5,8-9H2,1H3,(H2,14,15). The van der Waals surface area contributed by atoms with E-state index in [0.29, 0.717) is 19.4 Å². The zero-order valence-corrected chi connectivity index (χ0v) is 12.7. The van der Waals surface area contributed by atoms with Crippen LogP contribution in [0.1, 0.15) is 19.8 Å². The van der Waals surface area contributed by atoms with E-state index in [1.165, 1.54) is 22.6 Å². The number of nitrogen functional groups attached to an aromatic ring is 1. The molecule has 1 aromatic heterocycles. The molecule has 8 heteroatoms. The number of hydrogen-bond donors (Lipinski definition) is 1. The van der Waals surface area contributed by atoms with E-state index >= 15 is 0 Å². The highest BCUT2D eigenvalue weighted by atomic mass is 32.2. The molecule has 0 bridgehead atoms. The monoisotopic (exact) mass is 313 g/mol. The molecule has 0 saturated carbocycles. The first-order chi connectivity index (χ1) is 9.96. The Balaban J connectivity index is 2.21. The van der Waals surface area contributed by atoms with E-state index in [0.717, 1.165) is 0 Å². The van der Waals surface area contributed by atoms with Crippen LogP contribution < -0.4 is 5.73 Å². The molecule has 116 valence electrons. The molecule has 2 heterocycles. The normalized spacial score (nSPS) is 20.1. The molecule has 0 aromatic carbocycles. The zero-order chi connectivity index (χ0) is 15.5. The lowest BCUT2D eigenvalue weighted by molar-refractivity contribution is -0.149. The highest BCUT2D eigenvalue weighted by Gasteiger charge is 2.34. The van der Waals surface area contributed by atoms with Crippen LogP contribution in [0.25, 0.3) is 0 Å². The number of esters is 1. The molecule has 1 fully saturated rings. The third kappa shape index (κ3) is 3.33. The fourth-order valence-corrected chi connectivity index (χ4v) is 3.96. The van der Waals surface area contributed by atoms with Crippen LogP contribution in [-0.4, -0.2) is 43.4 Å². The molecule has 1 unspecified atom stereocenters. The number of piperidine rings is 1. The van der Waals surface area contributed by atoms with Crippen LogP contribution in [-0.2, 0) is 19.6 Å². The number of pyridine rings is 1. The van der Waals surface area contributed by atoms with Crippen molar-refractivity contribution in [3.05, 3.63) is 18.3 Å². The van der Waals surface area contributed by atoms with E-state index in [1.807, 2.05) is 0 Å². The Kier molecular flexibility index (Phi) is 4.79. The number of anilines is 1. The van der Waals surface area contributed by atoms with Gasteiger partial charge in [0.05, 0.1) is 12.5 Å². The van der Waals surface area contributed by atoms with Gasteiger partial charge in [-0.05, 0) is 31.9 Å². The summed E-state index contributed by atoms with van der Waals surface area (Å²) in [5, 5.41) is 0. The van der Waals surface area contributed by atoms with Gasteiger partial charge in [-0.25, -0.2) is 13.4 Å². The molecule has 21 heavy (non-hydrogen) atoms. The molecule has 1 aromatic rings. The van der Waals surface area contributed by atoms with Crippen LogP contribution in [0.3, 0.4) is 0 Å². The smallest absolute Gasteiger partial charge is 0.310 e. The van der Waals surface area contributed by atoms with E-state index in [-0.39, 0.29) is 29.8 Å². The van der Waals surface area contributed by atoms with Crippen molar-refractivity contribution in [1.29, 1.82) is 0 Å². The van der Waals surface area contributed by atoms with Crippen molar-refractivity contribution in [1.82, 2.24) is 9.29 Å². The van der Waals surface area contributed by atoms with E-state index in [1.54, 1.807) is 6.92 Å². The van der Waals surface area contributed by atoms with E-state index in [9.17, 15) is 13.2 Å². The molecule has 1 atom stereocenters. The van der Waals surface area contributed by atoms with Gasteiger partial charge >= 0.3 is 5.97 Å². The Morgan fingerprint density at radius 3 is 3.00 bits per heavy atom. The fraction of sp³-hybridized carbons (Fsp3) is 0.538. The number of ether oxygens (including phenoxy) is 1. The predicted octanol–water partition coefficient (Wildman–Crippen LogP) is 0.628. The number of hydrogen-bond acceptors (Lipinski definition) is 6. The second kappa shape index (κ2) is 6.40. The molecule has 2 N–H and O–H groups in total. The molecule has 2 rings (SSSR count). The van der Waals surface area contributed by atoms with Gasteiger partial charge in [0, 0.05) is 19.3 Å². The van der Waals surface area contributed by atoms with Gasteiger partial charge in [-0.3, -0.25) is 4.79 Å². The van der Waals surface area contributed by atoms with Crippen molar-refractivity contribution in [3.63, 3.8) is 0 Å². The zero-order valence-electron chi connectivity index (χ0n) is 11.9. The van der Waals surface area contributed by atoms with Crippen LogP contribution in [0.2, 0.25) is 0 Å². The lowest BCUT2D eigenvalue weighted by atomic mass is 10.0. The van der Waals surface area contributed by atoms with Gasteiger partial charge in [0.1, 0.15) is 10.7 Å². The molecule has 0 spiro atoms. The van der Waals surface area contributed by atoms with Crippen molar-refractivity contribution >= 4 is 21.8 Å². The van der Waals surface area contributed by atoms with Crippen LogP contribution in [0, 0.1) is 5.92 Å². The summed E-state index contributed by atoms with van der Waals surface area (Å²) >= 11 is 0. The number of nitrogens with zero attached hydrogens (tertiary/aromatic N) is 2. The average Bonchev–Trinajstić information content (AvgIpc) is 2.48. The second-order valence-electron chi connectivity index (χ2n) is 4.84. The van der Waals surface area contributed by atoms with Crippen molar-refractivity contribution in [2.45, 2.75) is 24.7 Å². The molecule has 1 aliphatic heterocycles. The quantitative estimate of drug-likeness (QED) is 0.818. The summed E-state index contributed by atoms with van der Waals surface area (Å²) in [6.07, 6.45) is 2.68. The summed E-state index contributed by atoms with van der Waals surface area (Å²) in [7, 11) is -3.74. The highest BCUT2D eigenvalue weighted by molar-refractivity contribution is 7.89. The van der Waals surface area contributed by atoms with Gasteiger partial charge in [0.15, 0.2) is 0 Å². The number of carbonyl (C=O) groups excluding carboxylic acids is 1. The largest absolute Gasteiger partial charge is 0.466 e. The van der Waals surface area contributed by atoms with Gasteiger partial charge in [-0.15, -0.1) is 0 Å². The van der Waals surface area contributed by atoms with Gasteiger partial charge in [0.25, 0.3) is 0 Å². The number of nitrogens with two attached hydrogens (primary N) is 1. The molecular formula is C13H19N3O4S. The van der Waals surface area contributed by atoms with Crippen LogP contribution >= 0.6 is 0 Å². The summed E-state index contributed by atoms with van der Waals surface area (Å²) in [5.41, 5.74) is 5.65. The summed E-state index contributed by atoms with van der Waals surface area (Å²) in [5.74, 6) is -0.807. The summed E-state index contributed by atoms with van der Waals surface area (Å²) in [6.45, 7) is 2.51. The maximum absolute atomic E-state index is 12.6. The summed E-state index contributed by atoms with van der Waals surface area (Å²) < 4.78 is 31.4. The molecule has 0 aliphatic carbocycles. The molecule has 7 nitrogen and oxygen atoms in total. The Morgan fingerprint density at radius 1 is 1.57 bits per heavy atom. The minimum absolute atomic E-state index is 0.0190.